The smallest absolute Gasteiger partial charge is 0.196 e. The van der Waals surface area contributed by atoms with E-state index >= 15 is 0 Å². The zero-order valence-electron chi connectivity index (χ0n) is 11.6. The summed E-state index contributed by atoms with van der Waals surface area (Å²) in [6.45, 7) is 2.09. The van der Waals surface area contributed by atoms with Crippen molar-refractivity contribution in [2.45, 2.75) is 26.2 Å². The Balaban J connectivity index is 2.26. The highest BCUT2D eigenvalue weighted by Gasteiger charge is 2.19. The molecule has 0 saturated carbocycles. The molecule has 110 valence electrons. The molecule has 1 nitrogen and oxygen atoms in total. The lowest BCUT2D eigenvalue weighted by Gasteiger charge is -2.05. The minimum Gasteiger partial charge on any atom is -0.288 e. The average molecular weight is 292 g/mol. The maximum atomic E-state index is 13.6. The van der Waals surface area contributed by atoms with Gasteiger partial charge in [-0.25, -0.2) is 13.2 Å². The third-order valence-corrected chi connectivity index (χ3v) is 3.31. The number of halogens is 3. The first-order valence-corrected chi connectivity index (χ1v) is 6.81. The summed E-state index contributed by atoms with van der Waals surface area (Å²) in [5.41, 5.74) is 0.870. The highest BCUT2D eigenvalue weighted by Crippen LogP contribution is 2.19. The Bertz CT molecular complexity index is 648. The van der Waals surface area contributed by atoms with Crippen LogP contribution in [0.25, 0.3) is 0 Å². The number of aryl methyl sites for hydroxylation is 1. The van der Waals surface area contributed by atoms with Crippen LogP contribution in [0.2, 0.25) is 0 Å². The van der Waals surface area contributed by atoms with E-state index in [0.717, 1.165) is 37.0 Å². The van der Waals surface area contributed by atoms with Crippen molar-refractivity contribution in [1.82, 2.24) is 0 Å². The minimum atomic E-state index is -1.62. The van der Waals surface area contributed by atoms with Crippen LogP contribution >= 0.6 is 0 Å². The number of ketones is 1. The van der Waals surface area contributed by atoms with Gasteiger partial charge in [0.25, 0.3) is 0 Å². The predicted molar refractivity (Wildman–Crippen MR) is 74.8 cm³/mol. The van der Waals surface area contributed by atoms with Gasteiger partial charge in [0.05, 0.1) is 5.56 Å². The van der Waals surface area contributed by atoms with Crippen molar-refractivity contribution in [1.29, 1.82) is 0 Å². The van der Waals surface area contributed by atoms with Gasteiger partial charge in [0.1, 0.15) is 0 Å². The van der Waals surface area contributed by atoms with Crippen molar-refractivity contribution in [3.63, 3.8) is 0 Å². The van der Waals surface area contributed by atoms with E-state index in [1.54, 1.807) is 24.3 Å². The topological polar surface area (TPSA) is 17.1 Å². The summed E-state index contributed by atoms with van der Waals surface area (Å²) in [7, 11) is 0. The van der Waals surface area contributed by atoms with Crippen LogP contribution in [0, 0.1) is 17.5 Å². The number of unbranched alkanes of at least 4 members (excludes halogenated alkanes) is 1. The second-order valence-electron chi connectivity index (χ2n) is 4.85. The molecule has 0 aliphatic carbocycles. The monoisotopic (exact) mass is 292 g/mol. The normalized spacial score (nSPS) is 10.7. The molecule has 0 spiro atoms. The van der Waals surface area contributed by atoms with Crippen molar-refractivity contribution in [3.05, 3.63) is 70.5 Å². The molecule has 2 rings (SSSR count). The lowest BCUT2D eigenvalue weighted by Crippen LogP contribution is -2.07. The molecule has 0 amide bonds. The second-order valence-corrected chi connectivity index (χ2v) is 4.85. The van der Waals surface area contributed by atoms with E-state index in [2.05, 4.69) is 6.92 Å². The fraction of sp³-hybridized carbons (Fsp3) is 0.235. The molecule has 0 unspecified atom stereocenters. The molecule has 0 saturated heterocycles. The van der Waals surface area contributed by atoms with Crippen LogP contribution in [-0.2, 0) is 6.42 Å². The molecule has 0 aromatic heterocycles. The lowest BCUT2D eigenvalue weighted by atomic mass is 10.00. The Morgan fingerprint density at radius 2 is 1.62 bits per heavy atom. The van der Waals surface area contributed by atoms with Crippen LogP contribution in [0.3, 0.4) is 0 Å². The Hall–Kier alpha value is -2.10. The molecular formula is C17H15F3O. The Kier molecular flexibility index (Phi) is 4.78. The van der Waals surface area contributed by atoms with E-state index in [4.69, 9.17) is 0 Å². The van der Waals surface area contributed by atoms with Crippen LogP contribution in [-0.4, -0.2) is 5.78 Å². The molecule has 0 N–H and O–H groups in total. The lowest BCUT2D eigenvalue weighted by molar-refractivity contribution is 0.103. The van der Waals surface area contributed by atoms with Gasteiger partial charge in [-0.3, -0.25) is 4.79 Å². The molecule has 0 aliphatic rings. The molecule has 21 heavy (non-hydrogen) atoms. The van der Waals surface area contributed by atoms with Crippen LogP contribution in [0.1, 0.15) is 41.3 Å². The van der Waals surface area contributed by atoms with Gasteiger partial charge in [0.2, 0.25) is 0 Å². The summed E-state index contributed by atoms with van der Waals surface area (Å²) < 4.78 is 39.6. The quantitative estimate of drug-likeness (QED) is 0.578. The number of hydrogen-bond donors (Lipinski definition) is 0. The van der Waals surface area contributed by atoms with E-state index in [1.807, 2.05) is 0 Å². The first-order valence-electron chi connectivity index (χ1n) is 6.81. The third kappa shape index (κ3) is 3.32. The molecular weight excluding hydrogens is 277 g/mol. The summed E-state index contributed by atoms with van der Waals surface area (Å²) in [5, 5.41) is 0. The molecule has 0 fully saturated rings. The summed E-state index contributed by atoms with van der Waals surface area (Å²) in [4.78, 5) is 12.1. The van der Waals surface area contributed by atoms with Gasteiger partial charge in [-0.2, -0.15) is 0 Å². The maximum absolute atomic E-state index is 13.6. The van der Waals surface area contributed by atoms with Gasteiger partial charge in [0.15, 0.2) is 23.2 Å². The molecule has 2 aromatic carbocycles. The highest BCUT2D eigenvalue weighted by atomic mass is 19.2. The number of carbonyl (C=O) groups is 1. The predicted octanol–water partition coefficient (Wildman–Crippen LogP) is 4.68. The first-order chi connectivity index (χ1) is 10.0. The Morgan fingerprint density at radius 1 is 0.952 bits per heavy atom. The number of carbonyl (C=O) groups excluding carboxylic acids is 1. The van der Waals surface area contributed by atoms with E-state index in [1.165, 1.54) is 0 Å². The molecule has 0 atom stereocenters. The highest BCUT2D eigenvalue weighted by molar-refractivity contribution is 6.09. The van der Waals surface area contributed by atoms with Crippen molar-refractivity contribution >= 4 is 5.78 Å². The fourth-order valence-corrected chi connectivity index (χ4v) is 2.06. The van der Waals surface area contributed by atoms with Crippen LogP contribution < -0.4 is 0 Å². The number of benzene rings is 2. The van der Waals surface area contributed by atoms with Crippen LogP contribution in [0.15, 0.2) is 36.4 Å². The Morgan fingerprint density at radius 3 is 2.24 bits per heavy atom. The average Bonchev–Trinajstić information content (AvgIpc) is 2.51. The summed E-state index contributed by atoms with van der Waals surface area (Å²) in [6.07, 6.45) is 3.02. The SMILES string of the molecule is CCCCc1ccc(C(=O)c2ccc(F)c(F)c2F)cc1. The molecule has 0 aliphatic heterocycles. The molecule has 2 aromatic rings. The maximum Gasteiger partial charge on any atom is 0.196 e. The molecule has 4 heteroatoms. The molecule has 0 heterocycles. The largest absolute Gasteiger partial charge is 0.288 e. The van der Waals surface area contributed by atoms with E-state index in [9.17, 15) is 18.0 Å². The van der Waals surface area contributed by atoms with E-state index in [-0.39, 0.29) is 5.56 Å². The van der Waals surface area contributed by atoms with E-state index < -0.39 is 28.8 Å². The third-order valence-electron chi connectivity index (χ3n) is 3.31. The van der Waals surface area contributed by atoms with Gasteiger partial charge >= 0.3 is 0 Å². The van der Waals surface area contributed by atoms with Gasteiger partial charge in [0, 0.05) is 5.56 Å². The van der Waals surface area contributed by atoms with E-state index in [0.29, 0.717) is 0 Å². The molecule has 0 bridgehead atoms. The van der Waals surface area contributed by atoms with Gasteiger partial charge in [-0.1, -0.05) is 37.6 Å². The molecule has 0 radical (unpaired) electrons. The Labute approximate surface area is 121 Å². The summed E-state index contributed by atoms with van der Waals surface area (Å²) in [5.74, 6) is -5.04. The van der Waals surface area contributed by atoms with Gasteiger partial charge in [-0.05, 0) is 30.5 Å². The number of hydrogen-bond acceptors (Lipinski definition) is 1. The standard InChI is InChI=1S/C17H15F3O/c1-2-3-4-11-5-7-12(8-6-11)17(21)13-9-10-14(18)16(20)15(13)19/h5-10H,2-4H2,1H3. The second kappa shape index (κ2) is 6.57. The summed E-state index contributed by atoms with van der Waals surface area (Å²) in [6, 6.07) is 8.45. The minimum absolute atomic E-state index is 0.250. The van der Waals surface area contributed by atoms with Crippen molar-refractivity contribution in [2.75, 3.05) is 0 Å². The van der Waals surface area contributed by atoms with Crippen molar-refractivity contribution < 1.29 is 18.0 Å². The van der Waals surface area contributed by atoms with Crippen molar-refractivity contribution in [2.24, 2.45) is 0 Å². The van der Waals surface area contributed by atoms with Crippen LogP contribution in [0.4, 0.5) is 13.2 Å². The fourth-order valence-electron chi connectivity index (χ4n) is 2.06. The zero-order chi connectivity index (χ0) is 15.4. The van der Waals surface area contributed by atoms with Gasteiger partial charge in [-0.15, -0.1) is 0 Å². The summed E-state index contributed by atoms with van der Waals surface area (Å²) >= 11 is 0. The van der Waals surface area contributed by atoms with Crippen LogP contribution in [0.5, 0.6) is 0 Å². The zero-order valence-corrected chi connectivity index (χ0v) is 11.6. The number of rotatable bonds is 5. The van der Waals surface area contributed by atoms with Crippen molar-refractivity contribution in [3.8, 4) is 0 Å². The van der Waals surface area contributed by atoms with Gasteiger partial charge < -0.3 is 0 Å². The first kappa shape index (κ1) is 15.3.